The Hall–Kier alpha value is -1.44. The normalized spacial score (nSPS) is 22.7. The van der Waals surface area contributed by atoms with E-state index in [0.717, 1.165) is 38.9 Å². The zero-order valence-corrected chi connectivity index (χ0v) is 16.5. The number of rotatable bonds is 5. The molecule has 1 aromatic rings. The zero-order chi connectivity index (χ0) is 18.7. The molecule has 0 radical (unpaired) electrons. The molecule has 1 atom stereocenters. The number of hydrogen-bond acceptors (Lipinski definition) is 4. The quantitative estimate of drug-likeness (QED) is 0.847. The van der Waals surface area contributed by atoms with Gasteiger partial charge < -0.3 is 10.2 Å². The fourth-order valence-corrected chi connectivity index (χ4v) is 5.27. The molecule has 1 unspecified atom stereocenters. The number of nitrogens with zero attached hydrogens (tertiary/aromatic N) is 2. The molecule has 2 fully saturated rings. The van der Waals surface area contributed by atoms with Crippen molar-refractivity contribution in [3.05, 3.63) is 29.8 Å². The van der Waals surface area contributed by atoms with Gasteiger partial charge in [-0.25, -0.2) is 8.42 Å². The van der Waals surface area contributed by atoms with Crippen LogP contribution in [-0.2, 0) is 10.0 Å². The molecule has 144 valence electrons. The summed E-state index contributed by atoms with van der Waals surface area (Å²) >= 11 is 0. The fraction of sp³-hybridized carbons (Fsp3) is 0.632. The van der Waals surface area contributed by atoms with Crippen LogP contribution in [0, 0.1) is 11.8 Å². The molecule has 0 saturated carbocycles. The number of carbonyl (C=O) groups is 1. The molecule has 1 aromatic carbocycles. The van der Waals surface area contributed by atoms with Crippen molar-refractivity contribution in [1.82, 2.24) is 14.5 Å². The van der Waals surface area contributed by atoms with Gasteiger partial charge in [-0.3, -0.25) is 4.79 Å². The average molecular weight is 380 g/mol. The van der Waals surface area contributed by atoms with E-state index >= 15 is 0 Å². The van der Waals surface area contributed by atoms with Gasteiger partial charge in [-0.2, -0.15) is 4.31 Å². The van der Waals surface area contributed by atoms with Gasteiger partial charge in [0.1, 0.15) is 0 Å². The number of benzene rings is 1. The molecule has 26 heavy (non-hydrogen) atoms. The molecule has 2 saturated heterocycles. The third kappa shape index (κ3) is 4.10. The molecule has 0 aliphatic carbocycles. The number of piperidine rings is 1. The molecule has 6 nitrogen and oxygen atoms in total. The Morgan fingerprint density at radius 3 is 2.38 bits per heavy atom. The zero-order valence-electron chi connectivity index (χ0n) is 15.6. The molecule has 1 amide bonds. The van der Waals surface area contributed by atoms with Crippen molar-refractivity contribution in [1.29, 1.82) is 0 Å². The van der Waals surface area contributed by atoms with Crippen LogP contribution >= 0.6 is 0 Å². The summed E-state index contributed by atoms with van der Waals surface area (Å²) in [5.74, 6) is 1.05. The van der Waals surface area contributed by atoms with Gasteiger partial charge in [-0.15, -0.1) is 0 Å². The maximum atomic E-state index is 12.8. The summed E-state index contributed by atoms with van der Waals surface area (Å²) in [7, 11) is -1.54. The largest absolute Gasteiger partial charge is 0.338 e. The molecule has 7 heteroatoms. The maximum absolute atomic E-state index is 12.8. The van der Waals surface area contributed by atoms with Crippen molar-refractivity contribution in [2.45, 2.75) is 31.1 Å². The maximum Gasteiger partial charge on any atom is 0.253 e. The lowest BCUT2D eigenvalue weighted by molar-refractivity contribution is 0.0787. The van der Waals surface area contributed by atoms with Gasteiger partial charge in [0.05, 0.1) is 4.90 Å². The van der Waals surface area contributed by atoms with Crippen LogP contribution in [0.4, 0.5) is 0 Å². The van der Waals surface area contributed by atoms with Crippen LogP contribution in [0.3, 0.4) is 0 Å². The van der Waals surface area contributed by atoms with Crippen LogP contribution < -0.4 is 5.32 Å². The molecule has 2 aliphatic heterocycles. The Kier molecular flexibility index (Phi) is 5.99. The van der Waals surface area contributed by atoms with Crippen molar-refractivity contribution < 1.29 is 13.2 Å². The van der Waals surface area contributed by atoms with Crippen LogP contribution in [0.5, 0.6) is 0 Å². The monoisotopic (exact) mass is 379 g/mol. The number of nitrogens with one attached hydrogen (secondary N) is 1. The van der Waals surface area contributed by atoms with Gasteiger partial charge in [0.15, 0.2) is 0 Å². The molecule has 1 N–H and O–H groups in total. The minimum absolute atomic E-state index is 0.0145. The third-order valence-electron chi connectivity index (χ3n) is 5.55. The molecule has 0 spiro atoms. The number of amides is 1. The van der Waals surface area contributed by atoms with E-state index in [9.17, 15) is 13.2 Å². The Labute approximate surface area is 156 Å². The molecule has 2 aliphatic rings. The van der Waals surface area contributed by atoms with E-state index in [1.807, 2.05) is 11.9 Å². The first kappa shape index (κ1) is 19.3. The van der Waals surface area contributed by atoms with Crippen molar-refractivity contribution in [2.24, 2.45) is 11.8 Å². The highest BCUT2D eigenvalue weighted by Crippen LogP contribution is 2.24. The average Bonchev–Trinajstić information content (AvgIpc) is 3.10. The topological polar surface area (TPSA) is 69.7 Å². The van der Waals surface area contributed by atoms with E-state index in [0.29, 0.717) is 30.5 Å². The predicted octanol–water partition coefficient (Wildman–Crippen LogP) is 1.79. The fourth-order valence-electron chi connectivity index (χ4n) is 3.80. The molecular weight excluding hydrogens is 350 g/mol. The minimum atomic E-state index is -3.46. The SMILES string of the molecule is CNCC1CCN(C(=O)c2ccc(S(=O)(=O)N3CCC(C)CC3)cc2)C1. The number of hydrogen-bond donors (Lipinski definition) is 1. The van der Waals surface area contributed by atoms with Crippen LogP contribution in [0.2, 0.25) is 0 Å². The van der Waals surface area contributed by atoms with E-state index in [-0.39, 0.29) is 10.8 Å². The lowest BCUT2D eigenvalue weighted by Crippen LogP contribution is -2.37. The van der Waals surface area contributed by atoms with Gasteiger partial charge in [-0.1, -0.05) is 6.92 Å². The summed E-state index contributed by atoms with van der Waals surface area (Å²) < 4.78 is 27.1. The Balaban J connectivity index is 1.67. The van der Waals surface area contributed by atoms with E-state index < -0.39 is 10.0 Å². The van der Waals surface area contributed by atoms with E-state index in [1.54, 1.807) is 28.6 Å². The summed E-state index contributed by atoms with van der Waals surface area (Å²) in [6, 6.07) is 6.43. The second kappa shape index (κ2) is 8.06. The van der Waals surface area contributed by atoms with Crippen LogP contribution in [0.1, 0.15) is 36.5 Å². The lowest BCUT2D eigenvalue weighted by atomic mass is 10.0. The van der Waals surface area contributed by atoms with E-state index in [4.69, 9.17) is 0 Å². The second-order valence-electron chi connectivity index (χ2n) is 7.57. The molecule has 0 bridgehead atoms. The van der Waals surface area contributed by atoms with Gasteiger partial charge in [0.2, 0.25) is 10.0 Å². The summed E-state index contributed by atoms with van der Waals surface area (Å²) in [4.78, 5) is 14.8. The predicted molar refractivity (Wildman–Crippen MR) is 102 cm³/mol. The molecule has 3 rings (SSSR count). The first-order chi connectivity index (χ1) is 12.4. The Morgan fingerprint density at radius 2 is 1.77 bits per heavy atom. The number of likely N-dealkylation sites (tertiary alicyclic amines) is 1. The van der Waals surface area contributed by atoms with E-state index in [2.05, 4.69) is 12.2 Å². The lowest BCUT2D eigenvalue weighted by Gasteiger charge is -2.29. The highest BCUT2D eigenvalue weighted by molar-refractivity contribution is 7.89. The van der Waals surface area contributed by atoms with Crippen molar-refractivity contribution in [2.75, 3.05) is 39.8 Å². The van der Waals surface area contributed by atoms with Gasteiger partial charge in [-0.05, 0) is 69.0 Å². The van der Waals surface area contributed by atoms with Crippen LogP contribution in [0.15, 0.2) is 29.2 Å². The second-order valence-corrected chi connectivity index (χ2v) is 9.51. The smallest absolute Gasteiger partial charge is 0.253 e. The van der Waals surface area contributed by atoms with Crippen molar-refractivity contribution in [3.63, 3.8) is 0 Å². The van der Waals surface area contributed by atoms with E-state index in [1.165, 1.54) is 0 Å². The molecule has 2 heterocycles. The summed E-state index contributed by atoms with van der Waals surface area (Å²) in [6.45, 7) is 5.73. The van der Waals surface area contributed by atoms with Crippen molar-refractivity contribution in [3.8, 4) is 0 Å². The third-order valence-corrected chi connectivity index (χ3v) is 7.46. The highest BCUT2D eigenvalue weighted by atomic mass is 32.2. The van der Waals surface area contributed by atoms with Crippen molar-refractivity contribution >= 4 is 15.9 Å². The number of sulfonamides is 1. The Bertz CT molecular complexity index is 725. The summed E-state index contributed by atoms with van der Waals surface area (Å²) in [5, 5.41) is 3.16. The first-order valence-corrected chi connectivity index (χ1v) is 10.9. The highest BCUT2D eigenvalue weighted by Gasteiger charge is 2.29. The molecule has 0 aromatic heterocycles. The summed E-state index contributed by atoms with van der Waals surface area (Å²) in [6.07, 6.45) is 2.81. The minimum Gasteiger partial charge on any atom is -0.338 e. The van der Waals surface area contributed by atoms with Gasteiger partial charge in [0, 0.05) is 31.7 Å². The molecular formula is C19H29N3O3S. The van der Waals surface area contributed by atoms with Gasteiger partial charge >= 0.3 is 0 Å². The number of carbonyl (C=O) groups excluding carboxylic acids is 1. The summed E-state index contributed by atoms with van der Waals surface area (Å²) in [5.41, 5.74) is 0.557. The van der Waals surface area contributed by atoms with Crippen LogP contribution in [-0.4, -0.2) is 63.3 Å². The van der Waals surface area contributed by atoms with Gasteiger partial charge in [0.25, 0.3) is 5.91 Å². The standard InChI is InChI=1S/C19H29N3O3S/c1-15-7-11-22(12-8-15)26(24,25)18-5-3-17(4-6-18)19(23)21-10-9-16(14-21)13-20-2/h3-6,15-16,20H,7-14H2,1-2H3. The van der Waals surface area contributed by atoms with Crippen LogP contribution in [0.25, 0.3) is 0 Å². The Morgan fingerprint density at radius 1 is 1.12 bits per heavy atom. The first-order valence-electron chi connectivity index (χ1n) is 9.46.